The minimum absolute atomic E-state index is 0.732. The fraction of sp³-hybridized carbons (Fsp3) is 0.471. The maximum atomic E-state index is 5.05. The third-order valence-corrected chi connectivity index (χ3v) is 3.73. The Morgan fingerprint density at radius 2 is 2.05 bits per heavy atom. The van der Waals surface area contributed by atoms with Crippen LogP contribution < -0.4 is 5.32 Å². The number of hydrogen-bond donors (Lipinski definition) is 1. The quantitative estimate of drug-likeness (QED) is 0.796. The van der Waals surface area contributed by atoms with Crippen molar-refractivity contribution in [3.8, 4) is 0 Å². The molecule has 0 amide bonds. The highest BCUT2D eigenvalue weighted by atomic mass is 16.5. The zero-order valence-corrected chi connectivity index (χ0v) is 13.4. The Morgan fingerprint density at radius 3 is 2.76 bits per heavy atom. The highest BCUT2D eigenvalue weighted by molar-refractivity contribution is 5.27. The van der Waals surface area contributed by atoms with Crippen LogP contribution in [0.1, 0.15) is 28.1 Å². The molecule has 0 unspecified atom stereocenters. The van der Waals surface area contributed by atoms with E-state index in [0.29, 0.717) is 0 Å². The van der Waals surface area contributed by atoms with Crippen LogP contribution in [0.15, 0.2) is 24.3 Å². The van der Waals surface area contributed by atoms with E-state index < -0.39 is 0 Å². The van der Waals surface area contributed by atoms with Crippen molar-refractivity contribution in [3.63, 3.8) is 0 Å². The second-order valence-corrected chi connectivity index (χ2v) is 5.47. The second kappa shape index (κ2) is 7.38. The van der Waals surface area contributed by atoms with Crippen LogP contribution in [-0.4, -0.2) is 30.0 Å². The summed E-state index contributed by atoms with van der Waals surface area (Å²) in [6, 6.07) is 8.59. The Balaban J connectivity index is 2.07. The summed E-state index contributed by atoms with van der Waals surface area (Å²) in [6.07, 6.45) is 0. The van der Waals surface area contributed by atoms with Crippen molar-refractivity contribution < 1.29 is 4.74 Å². The van der Waals surface area contributed by atoms with Gasteiger partial charge in [-0.3, -0.25) is 4.68 Å². The molecule has 114 valence electrons. The zero-order chi connectivity index (χ0) is 15.2. The molecule has 0 fully saturated rings. The van der Waals surface area contributed by atoms with Crippen LogP contribution in [0.5, 0.6) is 0 Å². The average molecular weight is 287 g/mol. The first-order chi connectivity index (χ1) is 10.1. The van der Waals surface area contributed by atoms with Gasteiger partial charge in [-0.25, -0.2) is 0 Å². The van der Waals surface area contributed by atoms with E-state index in [1.54, 1.807) is 7.11 Å². The Labute approximate surface area is 127 Å². The Morgan fingerprint density at radius 1 is 1.24 bits per heavy atom. The summed E-state index contributed by atoms with van der Waals surface area (Å²) in [7, 11) is 1.72. The second-order valence-electron chi connectivity index (χ2n) is 5.47. The molecule has 0 bridgehead atoms. The Hall–Kier alpha value is -1.65. The summed E-state index contributed by atoms with van der Waals surface area (Å²) >= 11 is 0. The van der Waals surface area contributed by atoms with Crippen LogP contribution in [0.25, 0.3) is 0 Å². The van der Waals surface area contributed by atoms with Gasteiger partial charge in [-0.2, -0.15) is 5.10 Å². The molecule has 2 rings (SSSR count). The molecule has 1 aromatic heterocycles. The molecule has 1 N–H and O–H groups in total. The Kier molecular flexibility index (Phi) is 5.53. The van der Waals surface area contributed by atoms with E-state index in [9.17, 15) is 0 Å². The van der Waals surface area contributed by atoms with Crippen molar-refractivity contribution in [1.29, 1.82) is 0 Å². The van der Waals surface area contributed by atoms with E-state index in [1.807, 2.05) is 0 Å². The fourth-order valence-electron chi connectivity index (χ4n) is 2.51. The monoisotopic (exact) mass is 287 g/mol. The maximum Gasteiger partial charge on any atom is 0.0662 e. The normalized spacial score (nSPS) is 11.0. The minimum atomic E-state index is 0.732. The lowest BCUT2D eigenvalue weighted by Gasteiger charge is -2.07. The lowest BCUT2D eigenvalue weighted by molar-refractivity contribution is 0.199. The number of nitrogens with one attached hydrogen (secondary N) is 1. The number of ether oxygens (including phenoxy) is 1. The van der Waals surface area contributed by atoms with E-state index in [1.165, 1.54) is 22.4 Å². The molecule has 2 aromatic rings. The molecular weight excluding hydrogens is 262 g/mol. The molecule has 4 nitrogen and oxygen atoms in total. The van der Waals surface area contributed by atoms with Gasteiger partial charge >= 0.3 is 0 Å². The van der Waals surface area contributed by atoms with Gasteiger partial charge in [0, 0.05) is 31.5 Å². The molecule has 4 heteroatoms. The van der Waals surface area contributed by atoms with Crippen molar-refractivity contribution >= 4 is 0 Å². The first-order valence-electron chi connectivity index (χ1n) is 7.40. The molecule has 1 aromatic carbocycles. The third-order valence-electron chi connectivity index (χ3n) is 3.73. The summed E-state index contributed by atoms with van der Waals surface area (Å²) in [5.41, 5.74) is 6.21. The average Bonchev–Trinajstić information content (AvgIpc) is 2.70. The summed E-state index contributed by atoms with van der Waals surface area (Å²) in [5.74, 6) is 0. The highest BCUT2D eigenvalue weighted by Crippen LogP contribution is 2.15. The van der Waals surface area contributed by atoms with E-state index >= 15 is 0 Å². The lowest BCUT2D eigenvalue weighted by Crippen LogP contribution is -2.19. The lowest BCUT2D eigenvalue weighted by atomic mass is 10.1. The number of hydrogen-bond acceptors (Lipinski definition) is 3. The van der Waals surface area contributed by atoms with Gasteiger partial charge in [0.15, 0.2) is 0 Å². The summed E-state index contributed by atoms with van der Waals surface area (Å²) < 4.78 is 7.15. The van der Waals surface area contributed by atoms with Crippen LogP contribution in [0.4, 0.5) is 0 Å². The number of methoxy groups -OCH3 is 1. The number of nitrogens with zero attached hydrogens (tertiary/aromatic N) is 2. The van der Waals surface area contributed by atoms with Gasteiger partial charge < -0.3 is 10.1 Å². The van der Waals surface area contributed by atoms with Gasteiger partial charge in [0.25, 0.3) is 0 Å². The van der Waals surface area contributed by atoms with Crippen molar-refractivity contribution in [2.75, 3.05) is 20.3 Å². The van der Waals surface area contributed by atoms with Gasteiger partial charge in [-0.15, -0.1) is 0 Å². The van der Waals surface area contributed by atoms with Crippen LogP contribution in [0, 0.1) is 20.8 Å². The zero-order valence-electron chi connectivity index (χ0n) is 13.4. The molecular formula is C17H25N3O. The van der Waals surface area contributed by atoms with Gasteiger partial charge in [0.05, 0.1) is 18.8 Å². The molecule has 0 radical (unpaired) electrons. The van der Waals surface area contributed by atoms with Gasteiger partial charge in [0.1, 0.15) is 0 Å². The van der Waals surface area contributed by atoms with Gasteiger partial charge in [0.2, 0.25) is 0 Å². The van der Waals surface area contributed by atoms with Crippen LogP contribution in [0.2, 0.25) is 0 Å². The Bertz CT molecular complexity index is 590. The molecule has 0 atom stereocenters. The molecule has 0 spiro atoms. The molecule has 0 aliphatic rings. The number of benzene rings is 1. The molecule has 0 aliphatic heterocycles. The topological polar surface area (TPSA) is 39.1 Å². The van der Waals surface area contributed by atoms with Crippen molar-refractivity contribution in [1.82, 2.24) is 15.1 Å². The standard InChI is InChI=1S/C17H25N3O/c1-13-6-5-7-16(10-13)12-20-15(3)17(14(2)19-20)11-18-8-9-21-4/h5-7,10,18H,8-9,11-12H2,1-4H3. The maximum absolute atomic E-state index is 5.05. The highest BCUT2D eigenvalue weighted by Gasteiger charge is 2.11. The van der Waals surface area contributed by atoms with E-state index in [-0.39, 0.29) is 0 Å². The predicted octanol–water partition coefficient (Wildman–Crippen LogP) is 2.59. The smallest absolute Gasteiger partial charge is 0.0662 e. The van der Waals surface area contributed by atoms with E-state index in [2.05, 4.69) is 60.1 Å². The SMILES string of the molecule is COCCNCc1c(C)nn(Cc2cccc(C)c2)c1C. The third kappa shape index (κ3) is 4.16. The first-order valence-corrected chi connectivity index (χ1v) is 7.40. The minimum Gasteiger partial charge on any atom is -0.383 e. The van der Waals surface area contributed by atoms with E-state index in [4.69, 9.17) is 4.74 Å². The van der Waals surface area contributed by atoms with E-state index in [0.717, 1.165) is 31.9 Å². The summed E-state index contributed by atoms with van der Waals surface area (Å²) in [5, 5.41) is 8.07. The van der Waals surface area contributed by atoms with Crippen LogP contribution in [-0.2, 0) is 17.8 Å². The molecule has 0 saturated carbocycles. The largest absolute Gasteiger partial charge is 0.383 e. The molecule has 21 heavy (non-hydrogen) atoms. The number of aryl methyl sites for hydroxylation is 2. The predicted molar refractivity (Wildman–Crippen MR) is 85.6 cm³/mol. The van der Waals surface area contributed by atoms with Crippen molar-refractivity contribution in [3.05, 3.63) is 52.3 Å². The van der Waals surface area contributed by atoms with Crippen molar-refractivity contribution in [2.45, 2.75) is 33.9 Å². The molecule has 0 saturated heterocycles. The van der Waals surface area contributed by atoms with Gasteiger partial charge in [-0.05, 0) is 26.3 Å². The fourth-order valence-corrected chi connectivity index (χ4v) is 2.51. The number of rotatable bonds is 7. The van der Waals surface area contributed by atoms with Crippen molar-refractivity contribution in [2.24, 2.45) is 0 Å². The summed E-state index contributed by atoms with van der Waals surface area (Å²) in [6.45, 7) is 9.60. The van der Waals surface area contributed by atoms with Crippen LogP contribution in [0.3, 0.4) is 0 Å². The number of aromatic nitrogens is 2. The van der Waals surface area contributed by atoms with Crippen LogP contribution >= 0.6 is 0 Å². The van der Waals surface area contributed by atoms with Gasteiger partial charge in [-0.1, -0.05) is 29.8 Å². The molecule has 0 aliphatic carbocycles. The molecule has 1 heterocycles. The summed E-state index contributed by atoms with van der Waals surface area (Å²) in [4.78, 5) is 0. The first kappa shape index (κ1) is 15.7.